The number of hydrogen-bond donors (Lipinski definition) is 1. The third-order valence-electron chi connectivity index (χ3n) is 1.26. The average Bonchev–Trinajstić information content (AvgIpc) is 2.04. The molecule has 0 fully saturated rings. The summed E-state index contributed by atoms with van der Waals surface area (Å²) in [6.07, 6.45) is 0. The highest BCUT2D eigenvalue weighted by molar-refractivity contribution is 7.85. The highest BCUT2D eigenvalue weighted by Gasteiger charge is 2.09. The Morgan fingerprint density at radius 3 is 2.62 bits per heavy atom. The fraction of sp³-hybridized carbons (Fsp3) is 0. The first-order valence-corrected chi connectivity index (χ1v) is 4.59. The molecule has 1 aromatic rings. The van der Waals surface area contributed by atoms with Crippen LogP contribution in [0.25, 0.3) is 0 Å². The summed E-state index contributed by atoms with van der Waals surface area (Å²) in [6, 6.07) is 4.88. The molecule has 0 saturated heterocycles. The minimum Gasteiger partial charge on any atom is -0.418 e. The van der Waals surface area contributed by atoms with Crippen molar-refractivity contribution in [2.75, 3.05) is 0 Å². The molecule has 0 bridgehead atoms. The topological polar surface area (TPSA) is 80.7 Å². The number of hydrogen-bond acceptors (Lipinski definition) is 4. The fourth-order valence-corrected chi connectivity index (χ4v) is 1.26. The molecule has 1 rings (SSSR count). The second kappa shape index (κ2) is 3.55. The molecule has 0 saturated carbocycles. The lowest BCUT2D eigenvalue weighted by molar-refractivity contribution is 0.440. The molecule has 6 heteroatoms. The Morgan fingerprint density at radius 2 is 2.08 bits per heavy atom. The molecule has 0 unspecified atom stereocenters. The molecule has 1 aromatic carbocycles. The zero-order valence-electron chi connectivity index (χ0n) is 6.30. The van der Waals surface area contributed by atoms with Crippen molar-refractivity contribution in [1.29, 1.82) is 0 Å². The first-order chi connectivity index (χ1) is 6.04. The van der Waals surface area contributed by atoms with E-state index in [9.17, 15) is 13.2 Å². The van der Waals surface area contributed by atoms with Crippen molar-refractivity contribution < 1.29 is 22.5 Å². The monoisotopic (exact) mass is 201 g/mol. The quantitative estimate of drug-likeness (QED) is 0.715. The zero-order valence-corrected chi connectivity index (χ0v) is 7.11. The van der Waals surface area contributed by atoms with Gasteiger partial charge in [-0.05, 0) is 12.1 Å². The van der Waals surface area contributed by atoms with Gasteiger partial charge in [0.05, 0.1) is 4.90 Å². The van der Waals surface area contributed by atoms with Crippen LogP contribution in [0, 0.1) is 0 Å². The molecule has 0 atom stereocenters. The minimum absolute atomic E-state index is 0.00475. The fourth-order valence-electron chi connectivity index (χ4n) is 0.746. The number of rotatable bonds is 3. The second-order valence-electron chi connectivity index (χ2n) is 2.14. The van der Waals surface area contributed by atoms with E-state index in [0.29, 0.717) is 0 Å². The molecule has 0 aliphatic carbocycles. The Kier molecular flexibility index (Phi) is 2.64. The predicted octanol–water partition coefficient (Wildman–Crippen LogP) is 0.379. The van der Waals surface area contributed by atoms with Gasteiger partial charge in [-0.2, -0.15) is 8.42 Å². The molecule has 0 aromatic heterocycles. The Morgan fingerprint density at radius 1 is 1.38 bits per heavy atom. The van der Waals surface area contributed by atoms with Crippen LogP contribution in [0.2, 0.25) is 0 Å². The summed E-state index contributed by atoms with van der Waals surface area (Å²) in [5.74, 6) is 0.00475. The van der Waals surface area contributed by atoms with Gasteiger partial charge >= 0.3 is 6.47 Å². The van der Waals surface area contributed by atoms with Crippen LogP contribution in [0.3, 0.4) is 0 Å². The van der Waals surface area contributed by atoms with Gasteiger partial charge < -0.3 is 4.74 Å². The van der Waals surface area contributed by atoms with Crippen LogP contribution in [-0.2, 0) is 14.9 Å². The maximum atomic E-state index is 10.6. The summed E-state index contributed by atoms with van der Waals surface area (Å²) < 4.78 is 34.0. The van der Waals surface area contributed by atoms with Crippen LogP contribution >= 0.6 is 0 Å². The normalized spacial score (nSPS) is 10.8. The van der Waals surface area contributed by atoms with Gasteiger partial charge in [-0.1, -0.05) is 6.07 Å². The van der Waals surface area contributed by atoms with Crippen LogP contribution in [0.1, 0.15) is 0 Å². The van der Waals surface area contributed by atoms with Crippen molar-refractivity contribution in [2.24, 2.45) is 0 Å². The van der Waals surface area contributed by atoms with E-state index in [4.69, 9.17) is 4.55 Å². The van der Waals surface area contributed by atoms with E-state index in [1.165, 1.54) is 18.2 Å². The first kappa shape index (κ1) is 9.69. The summed E-state index contributed by atoms with van der Waals surface area (Å²) in [5.41, 5.74) is 0. The highest BCUT2D eigenvalue weighted by Crippen LogP contribution is 2.16. The summed E-state index contributed by atoms with van der Waals surface area (Å²) in [6.45, 7) is 1.14. The molecule has 5 nitrogen and oxygen atoms in total. The second-order valence-corrected chi connectivity index (χ2v) is 3.56. The molecule has 69 valence electrons. The largest absolute Gasteiger partial charge is 0.423 e. The Balaban J connectivity index is 3.13. The van der Waals surface area contributed by atoms with Gasteiger partial charge in [-0.15, -0.1) is 0 Å². The summed E-state index contributed by atoms with van der Waals surface area (Å²) >= 11 is 0. The van der Waals surface area contributed by atoms with Crippen molar-refractivity contribution in [1.82, 2.24) is 0 Å². The van der Waals surface area contributed by atoms with Gasteiger partial charge in [0.25, 0.3) is 10.1 Å². The Labute approximate surface area is 74.7 Å². The van der Waals surface area contributed by atoms with Crippen LogP contribution in [0.15, 0.2) is 29.2 Å². The highest BCUT2D eigenvalue weighted by atomic mass is 32.2. The van der Waals surface area contributed by atoms with Gasteiger partial charge in [-0.25, -0.2) is 4.79 Å². The van der Waals surface area contributed by atoms with Gasteiger partial charge in [-0.3, -0.25) is 4.55 Å². The zero-order chi connectivity index (χ0) is 9.90. The van der Waals surface area contributed by atoms with E-state index in [2.05, 4.69) is 4.74 Å². The van der Waals surface area contributed by atoms with Crippen LogP contribution in [0.4, 0.5) is 0 Å². The van der Waals surface area contributed by atoms with Crippen molar-refractivity contribution in [3.05, 3.63) is 24.3 Å². The molecule has 0 heterocycles. The van der Waals surface area contributed by atoms with Crippen LogP contribution < -0.4 is 4.74 Å². The molecule has 0 aliphatic rings. The summed E-state index contributed by atoms with van der Waals surface area (Å²) in [4.78, 5) is 9.44. The summed E-state index contributed by atoms with van der Waals surface area (Å²) in [7, 11) is -4.25. The molecule has 0 spiro atoms. The van der Waals surface area contributed by atoms with Crippen molar-refractivity contribution >= 4 is 16.6 Å². The lowest BCUT2D eigenvalue weighted by Crippen LogP contribution is -1.98. The standard InChI is InChI=1S/C7H5O5S/c8-5-12-6-2-1-3-7(4-6)13(9,10)11/h1-4H,(H,9,10,11). The van der Waals surface area contributed by atoms with Gasteiger partial charge in [0, 0.05) is 6.07 Å². The van der Waals surface area contributed by atoms with Crippen LogP contribution in [0.5, 0.6) is 5.75 Å². The van der Waals surface area contributed by atoms with E-state index in [-0.39, 0.29) is 10.6 Å². The van der Waals surface area contributed by atoms with Crippen molar-refractivity contribution in [2.45, 2.75) is 4.90 Å². The molecule has 1 radical (unpaired) electrons. The minimum atomic E-state index is -4.25. The molecule has 13 heavy (non-hydrogen) atoms. The molecular weight excluding hydrogens is 196 g/mol. The van der Waals surface area contributed by atoms with Gasteiger partial charge in [0.2, 0.25) is 0 Å². The smallest absolute Gasteiger partial charge is 0.418 e. The van der Waals surface area contributed by atoms with E-state index in [0.717, 1.165) is 12.5 Å². The van der Waals surface area contributed by atoms with Gasteiger partial charge in [0.15, 0.2) is 0 Å². The lowest BCUT2D eigenvalue weighted by Gasteiger charge is -1.98. The first-order valence-electron chi connectivity index (χ1n) is 3.15. The third kappa shape index (κ3) is 2.53. The van der Waals surface area contributed by atoms with E-state index in [1.54, 1.807) is 0 Å². The van der Waals surface area contributed by atoms with Gasteiger partial charge in [0.1, 0.15) is 5.75 Å². The van der Waals surface area contributed by atoms with E-state index >= 15 is 0 Å². The van der Waals surface area contributed by atoms with Crippen molar-refractivity contribution in [3.63, 3.8) is 0 Å². The molecule has 0 aliphatic heterocycles. The van der Waals surface area contributed by atoms with Crippen LogP contribution in [-0.4, -0.2) is 19.4 Å². The average molecular weight is 201 g/mol. The summed E-state index contributed by atoms with van der Waals surface area (Å²) in [5, 5.41) is 0. The maximum Gasteiger partial charge on any atom is 0.423 e. The molecule has 0 amide bonds. The van der Waals surface area contributed by atoms with Crippen molar-refractivity contribution in [3.8, 4) is 5.75 Å². The molecule has 1 N–H and O–H groups in total. The molecular formula is C7H5O5S. The Bertz CT molecular complexity index is 409. The number of benzene rings is 1. The number of ether oxygens (including phenoxy) is 1. The third-order valence-corrected chi connectivity index (χ3v) is 2.11. The lowest BCUT2D eigenvalue weighted by atomic mass is 10.3. The number of carbonyl (C=O) groups excluding carboxylic acids is 1. The maximum absolute atomic E-state index is 10.6. The SMILES string of the molecule is O=[C]Oc1cccc(S(=O)(=O)O)c1. The Hall–Kier alpha value is -1.40. The van der Waals surface area contributed by atoms with E-state index < -0.39 is 10.1 Å². The van der Waals surface area contributed by atoms with E-state index in [1.807, 2.05) is 0 Å². The predicted molar refractivity (Wildman–Crippen MR) is 42.6 cm³/mol.